The second kappa shape index (κ2) is 11.3. The number of piperidine rings is 1. The Labute approximate surface area is 222 Å². The molecule has 0 aliphatic carbocycles. The Hall–Kier alpha value is -0.160. The van der Waals surface area contributed by atoms with Crippen LogP contribution in [-0.4, -0.2) is 94.1 Å². The Morgan fingerprint density at radius 1 is 0.371 bits per heavy atom. The van der Waals surface area contributed by atoms with E-state index in [-0.39, 0.29) is 14.9 Å². The Morgan fingerprint density at radius 3 is 0.886 bits per heavy atom. The lowest BCUT2D eigenvalue weighted by atomic mass is 9.86. The van der Waals surface area contributed by atoms with E-state index in [0.29, 0.717) is 22.2 Å². The van der Waals surface area contributed by atoms with E-state index in [1.165, 1.54) is 58.8 Å². The van der Waals surface area contributed by atoms with Crippen molar-refractivity contribution in [3.8, 4) is 0 Å². The fourth-order valence-corrected chi connectivity index (χ4v) is 6.41. The molecule has 0 spiro atoms. The third-order valence-electron chi connectivity index (χ3n) is 9.08. The highest BCUT2D eigenvalue weighted by Crippen LogP contribution is 2.38. The van der Waals surface area contributed by atoms with Crippen molar-refractivity contribution in [1.29, 1.82) is 0 Å². The highest BCUT2D eigenvalue weighted by Gasteiger charge is 2.45. The summed E-state index contributed by atoms with van der Waals surface area (Å²) >= 11 is 0. The summed E-state index contributed by atoms with van der Waals surface area (Å²) in [4.78, 5) is 10.7. The van der Waals surface area contributed by atoms with Crippen molar-refractivity contribution in [2.24, 2.45) is 23.7 Å². The summed E-state index contributed by atoms with van der Waals surface area (Å²) < 4.78 is 0. The Morgan fingerprint density at radius 2 is 0.600 bits per heavy atom. The smallest absolute Gasteiger partial charge is 0.0125 e. The van der Waals surface area contributed by atoms with Gasteiger partial charge in [-0.15, -0.1) is 0 Å². The minimum Gasteiger partial charge on any atom is -0.298 e. The monoisotopic (exact) mass is 495 g/mol. The van der Waals surface area contributed by atoms with Gasteiger partial charge in [-0.05, 0) is 120 Å². The predicted molar refractivity (Wildman–Crippen MR) is 157 cm³/mol. The Balaban J connectivity index is 0.000000332. The molecule has 4 nitrogen and oxygen atoms in total. The molecular weight excluding hydrogens is 428 g/mol. The van der Waals surface area contributed by atoms with Crippen molar-refractivity contribution < 1.29 is 0 Å². The van der Waals surface area contributed by atoms with E-state index in [4.69, 9.17) is 0 Å². The first-order valence-electron chi connectivity index (χ1n) is 13.9. The minimum atomic E-state index is 0. The van der Waals surface area contributed by atoms with Crippen LogP contribution in [0.3, 0.4) is 0 Å². The third-order valence-corrected chi connectivity index (χ3v) is 9.08. The largest absolute Gasteiger partial charge is 0.298 e. The van der Waals surface area contributed by atoms with Crippen molar-refractivity contribution in [2.75, 3.05) is 52.4 Å². The van der Waals surface area contributed by atoms with Gasteiger partial charge in [0.2, 0.25) is 0 Å². The van der Waals surface area contributed by atoms with Crippen LogP contribution in [0.4, 0.5) is 0 Å². The van der Waals surface area contributed by atoms with Crippen LogP contribution >= 0.6 is 0 Å². The molecule has 4 rings (SSSR count). The molecule has 0 aromatic carbocycles. The highest BCUT2D eigenvalue weighted by molar-refractivity contribution is 4.99. The van der Waals surface area contributed by atoms with Crippen LogP contribution in [0.5, 0.6) is 0 Å². The van der Waals surface area contributed by atoms with Crippen molar-refractivity contribution in [1.82, 2.24) is 19.6 Å². The molecule has 0 aromatic heterocycles. The summed E-state index contributed by atoms with van der Waals surface area (Å²) in [5.74, 6) is 3.69. The Kier molecular flexibility index (Phi) is 10.6. The van der Waals surface area contributed by atoms with Crippen LogP contribution in [0.15, 0.2) is 0 Å². The van der Waals surface area contributed by atoms with Gasteiger partial charge in [-0.1, -0.05) is 14.9 Å². The van der Waals surface area contributed by atoms with Gasteiger partial charge >= 0.3 is 0 Å². The SMILES string of the molecule is C.C.CC(C)(C)N1CC2CN(C(C)(C)C)CC2C1.CC(C)(C)N1CCC2CN(C(C)(C)C)CC2C1. The van der Waals surface area contributed by atoms with E-state index in [0.717, 1.165) is 23.7 Å². The molecule has 0 saturated carbocycles. The normalized spacial score (nSPS) is 31.2. The van der Waals surface area contributed by atoms with Gasteiger partial charge in [0.05, 0.1) is 0 Å². The molecule has 2 atom stereocenters. The fraction of sp³-hybridized carbons (Fsp3) is 1.00. The second-order valence-electron chi connectivity index (χ2n) is 15.7. The van der Waals surface area contributed by atoms with Gasteiger partial charge in [0.15, 0.2) is 0 Å². The average molecular weight is 495 g/mol. The van der Waals surface area contributed by atoms with Crippen LogP contribution in [0.1, 0.15) is 104 Å². The zero-order chi connectivity index (χ0) is 25.0. The van der Waals surface area contributed by atoms with E-state index < -0.39 is 0 Å². The number of likely N-dealkylation sites (tertiary alicyclic amines) is 4. The van der Waals surface area contributed by atoms with Gasteiger partial charge in [-0.25, -0.2) is 0 Å². The van der Waals surface area contributed by atoms with Crippen LogP contribution in [0.25, 0.3) is 0 Å². The van der Waals surface area contributed by atoms with E-state index >= 15 is 0 Å². The number of hydrogen-bond donors (Lipinski definition) is 0. The lowest BCUT2D eigenvalue weighted by Gasteiger charge is -2.42. The zero-order valence-corrected chi connectivity index (χ0v) is 24.5. The van der Waals surface area contributed by atoms with Crippen LogP contribution < -0.4 is 0 Å². The van der Waals surface area contributed by atoms with E-state index in [1.54, 1.807) is 0 Å². The molecule has 0 aromatic rings. The van der Waals surface area contributed by atoms with Crippen molar-refractivity contribution >= 4 is 0 Å². The molecule has 0 amide bonds. The van der Waals surface area contributed by atoms with Gasteiger partial charge in [0, 0.05) is 68.0 Å². The van der Waals surface area contributed by atoms with Gasteiger partial charge in [-0.2, -0.15) is 0 Å². The molecule has 4 heteroatoms. The molecule has 0 bridgehead atoms. The van der Waals surface area contributed by atoms with Crippen LogP contribution in [0, 0.1) is 23.7 Å². The molecule has 4 aliphatic rings. The molecular formula is C31H66N4. The molecule has 4 fully saturated rings. The van der Waals surface area contributed by atoms with Gasteiger partial charge in [0.25, 0.3) is 0 Å². The number of fused-ring (bicyclic) bond motifs is 2. The van der Waals surface area contributed by atoms with E-state index in [9.17, 15) is 0 Å². The van der Waals surface area contributed by atoms with Crippen molar-refractivity contribution in [3.63, 3.8) is 0 Å². The predicted octanol–water partition coefficient (Wildman–Crippen LogP) is 6.56. The lowest BCUT2D eigenvalue weighted by molar-refractivity contribution is 0.0639. The van der Waals surface area contributed by atoms with Gasteiger partial charge < -0.3 is 0 Å². The molecule has 4 heterocycles. The van der Waals surface area contributed by atoms with Crippen molar-refractivity contribution in [3.05, 3.63) is 0 Å². The summed E-state index contributed by atoms with van der Waals surface area (Å²) in [7, 11) is 0. The first kappa shape index (κ1) is 32.9. The van der Waals surface area contributed by atoms with Crippen molar-refractivity contribution in [2.45, 2.75) is 127 Å². The molecule has 2 unspecified atom stereocenters. The maximum absolute atomic E-state index is 2.69. The van der Waals surface area contributed by atoms with E-state index in [1.807, 2.05) is 0 Å². The maximum Gasteiger partial charge on any atom is 0.0125 e. The summed E-state index contributed by atoms with van der Waals surface area (Å²) in [6.45, 7) is 38.6. The van der Waals surface area contributed by atoms with Gasteiger partial charge in [-0.3, -0.25) is 19.6 Å². The molecule has 210 valence electrons. The number of nitrogens with zero attached hydrogens (tertiary/aromatic N) is 4. The topological polar surface area (TPSA) is 13.0 Å². The summed E-state index contributed by atoms with van der Waals surface area (Å²) in [6.07, 6.45) is 1.40. The lowest BCUT2D eigenvalue weighted by Crippen LogP contribution is -2.49. The van der Waals surface area contributed by atoms with Crippen LogP contribution in [-0.2, 0) is 0 Å². The highest BCUT2D eigenvalue weighted by atomic mass is 15.3. The first-order valence-corrected chi connectivity index (χ1v) is 13.9. The zero-order valence-electron chi connectivity index (χ0n) is 24.5. The van der Waals surface area contributed by atoms with Crippen LogP contribution in [0.2, 0.25) is 0 Å². The minimum absolute atomic E-state index is 0. The second-order valence-corrected chi connectivity index (χ2v) is 15.7. The van der Waals surface area contributed by atoms with E-state index in [2.05, 4.69) is 103 Å². The quantitative estimate of drug-likeness (QED) is 0.378. The first-order chi connectivity index (χ1) is 14.9. The Bertz CT molecular complexity index is 593. The molecule has 35 heavy (non-hydrogen) atoms. The standard InChI is InChI=1S/C15H30N2.C14H28N2.2CH4/c1-14(2,3)16-8-7-12-9-17(15(4,5)6)11-13(12)10-16;1-13(2,3)15-7-11-9-16(14(4,5)6)10-12(11)8-15;;/h12-13H,7-11H2,1-6H3;11-12H,7-10H2,1-6H3;2*1H4. The maximum atomic E-state index is 2.69. The summed E-state index contributed by atoms with van der Waals surface area (Å²) in [5, 5.41) is 0. The average Bonchev–Trinajstić information content (AvgIpc) is 3.31. The summed E-state index contributed by atoms with van der Waals surface area (Å²) in [5.41, 5.74) is 1.41. The molecule has 0 radical (unpaired) electrons. The molecule has 0 N–H and O–H groups in total. The number of rotatable bonds is 0. The molecule has 4 saturated heterocycles. The third kappa shape index (κ3) is 8.16. The summed E-state index contributed by atoms with van der Waals surface area (Å²) in [6, 6.07) is 0. The molecule has 4 aliphatic heterocycles. The fourth-order valence-electron chi connectivity index (χ4n) is 6.41. The van der Waals surface area contributed by atoms with Gasteiger partial charge in [0.1, 0.15) is 0 Å². The number of hydrogen-bond acceptors (Lipinski definition) is 4.